The zero-order chi connectivity index (χ0) is 9.64. The maximum absolute atomic E-state index is 10.8. The highest BCUT2D eigenvalue weighted by Crippen LogP contribution is 2.61. The normalized spacial score (nSPS) is 38.5. The molecule has 0 saturated heterocycles. The van der Waals surface area contributed by atoms with Crippen LogP contribution in [-0.2, 0) is 4.79 Å². The van der Waals surface area contributed by atoms with Crippen LogP contribution >= 0.6 is 0 Å². The van der Waals surface area contributed by atoms with Crippen LogP contribution in [0, 0.1) is 17.3 Å². The van der Waals surface area contributed by atoms with Gasteiger partial charge in [-0.3, -0.25) is 4.79 Å². The van der Waals surface area contributed by atoms with Crippen LogP contribution in [0.15, 0.2) is 11.6 Å². The van der Waals surface area contributed by atoms with Crippen LogP contribution < -0.4 is 5.73 Å². The second-order valence-electron chi connectivity index (χ2n) is 4.97. The molecule has 0 aromatic heterocycles. The van der Waals surface area contributed by atoms with E-state index in [1.54, 1.807) is 6.08 Å². The van der Waals surface area contributed by atoms with Gasteiger partial charge >= 0.3 is 0 Å². The molecule has 3 aliphatic carbocycles. The summed E-state index contributed by atoms with van der Waals surface area (Å²) < 4.78 is 0. The standard InChI is InChI=1S/C11H17NO/c1-11(2)8-4-3-7(5-10(12)13)9(11)6-8/h5,8-9H,3-4,6H2,1-2H3,(H2,12,13)/b7-5-. The molecule has 13 heavy (non-hydrogen) atoms. The van der Waals surface area contributed by atoms with Crippen molar-refractivity contribution in [2.75, 3.05) is 0 Å². The highest BCUT2D eigenvalue weighted by atomic mass is 16.1. The fraction of sp³-hybridized carbons (Fsp3) is 0.727. The first kappa shape index (κ1) is 8.79. The molecule has 3 aliphatic rings. The van der Waals surface area contributed by atoms with Gasteiger partial charge in [-0.05, 0) is 36.5 Å². The molecule has 0 aliphatic heterocycles. The van der Waals surface area contributed by atoms with E-state index in [9.17, 15) is 4.79 Å². The summed E-state index contributed by atoms with van der Waals surface area (Å²) in [7, 11) is 0. The zero-order valence-corrected chi connectivity index (χ0v) is 8.34. The third-order valence-corrected chi connectivity index (χ3v) is 4.03. The highest BCUT2D eigenvalue weighted by Gasteiger charge is 2.51. The van der Waals surface area contributed by atoms with Gasteiger partial charge in [0.25, 0.3) is 0 Å². The van der Waals surface area contributed by atoms with E-state index in [1.807, 2.05) is 0 Å². The molecule has 2 atom stereocenters. The van der Waals surface area contributed by atoms with Crippen LogP contribution in [0.3, 0.4) is 0 Å². The summed E-state index contributed by atoms with van der Waals surface area (Å²) in [4.78, 5) is 10.8. The molecule has 2 unspecified atom stereocenters. The van der Waals surface area contributed by atoms with Gasteiger partial charge < -0.3 is 5.73 Å². The van der Waals surface area contributed by atoms with Gasteiger partial charge in [-0.1, -0.05) is 19.4 Å². The monoisotopic (exact) mass is 179 g/mol. The number of rotatable bonds is 1. The molecule has 1 amide bonds. The van der Waals surface area contributed by atoms with E-state index >= 15 is 0 Å². The van der Waals surface area contributed by atoms with Crippen molar-refractivity contribution in [1.82, 2.24) is 0 Å². The minimum absolute atomic E-state index is 0.281. The van der Waals surface area contributed by atoms with Crippen LogP contribution in [0.1, 0.15) is 33.1 Å². The number of carbonyl (C=O) groups excluding carboxylic acids is 1. The molecule has 0 radical (unpaired) electrons. The Hall–Kier alpha value is -0.790. The van der Waals surface area contributed by atoms with Gasteiger partial charge in [-0.15, -0.1) is 0 Å². The summed E-state index contributed by atoms with van der Waals surface area (Å²) in [6, 6.07) is 0. The van der Waals surface area contributed by atoms with E-state index in [-0.39, 0.29) is 5.91 Å². The van der Waals surface area contributed by atoms with Crippen molar-refractivity contribution in [2.45, 2.75) is 33.1 Å². The lowest BCUT2D eigenvalue weighted by molar-refractivity contribution is -0.113. The summed E-state index contributed by atoms with van der Waals surface area (Å²) in [5.74, 6) is 1.22. The van der Waals surface area contributed by atoms with Crippen molar-refractivity contribution in [3.05, 3.63) is 11.6 Å². The third-order valence-electron chi connectivity index (χ3n) is 4.03. The van der Waals surface area contributed by atoms with Crippen molar-refractivity contribution in [1.29, 1.82) is 0 Å². The van der Waals surface area contributed by atoms with E-state index in [0.717, 1.165) is 12.3 Å². The maximum Gasteiger partial charge on any atom is 0.241 e. The fourth-order valence-corrected chi connectivity index (χ4v) is 3.01. The van der Waals surface area contributed by atoms with Gasteiger partial charge in [0, 0.05) is 6.08 Å². The molecule has 3 rings (SSSR count). The summed E-state index contributed by atoms with van der Waals surface area (Å²) in [5.41, 5.74) is 6.88. The van der Waals surface area contributed by atoms with Crippen LogP contribution in [0.2, 0.25) is 0 Å². The number of amides is 1. The molecule has 0 aromatic carbocycles. The van der Waals surface area contributed by atoms with Crippen LogP contribution in [0.25, 0.3) is 0 Å². The Kier molecular flexibility index (Phi) is 1.76. The Balaban J connectivity index is 2.20. The van der Waals surface area contributed by atoms with E-state index < -0.39 is 0 Å². The largest absolute Gasteiger partial charge is 0.366 e. The smallest absolute Gasteiger partial charge is 0.241 e. The Labute approximate surface area is 79.2 Å². The van der Waals surface area contributed by atoms with Crippen LogP contribution in [-0.4, -0.2) is 5.91 Å². The van der Waals surface area contributed by atoms with Gasteiger partial charge in [-0.25, -0.2) is 0 Å². The van der Waals surface area contributed by atoms with Crippen molar-refractivity contribution in [3.8, 4) is 0 Å². The number of nitrogens with two attached hydrogens (primary N) is 1. The number of hydrogen-bond donors (Lipinski definition) is 1. The molecular formula is C11H17NO. The first-order valence-corrected chi connectivity index (χ1v) is 5.01. The van der Waals surface area contributed by atoms with E-state index in [1.165, 1.54) is 18.4 Å². The molecule has 2 nitrogen and oxygen atoms in total. The summed E-state index contributed by atoms with van der Waals surface area (Å²) >= 11 is 0. The van der Waals surface area contributed by atoms with Gasteiger partial charge in [0.1, 0.15) is 0 Å². The topological polar surface area (TPSA) is 43.1 Å². The average molecular weight is 179 g/mol. The average Bonchev–Trinajstić information content (AvgIpc) is 2.03. The molecule has 3 saturated carbocycles. The third kappa shape index (κ3) is 1.19. The summed E-state index contributed by atoms with van der Waals surface area (Å²) in [5, 5.41) is 0. The van der Waals surface area contributed by atoms with Crippen molar-refractivity contribution >= 4 is 5.91 Å². The first-order valence-electron chi connectivity index (χ1n) is 5.01. The SMILES string of the molecule is CC1(C)C2CC/C(=C/C(N)=O)C1C2. The minimum atomic E-state index is -0.281. The zero-order valence-electron chi connectivity index (χ0n) is 8.34. The van der Waals surface area contributed by atoms with Gasteiger partial charge in [-0.2, -0.15) is 0 Å². The van der Waals surface area contributed by atoms with Gasteiger partial charge in [0.15, 0.2) is 0 Å². The fourth-order valence-electron chi connectivity index (χ4n) is 3.01. The number of allylic oxidation sites excluding steroid dienone is 1. The van der Waals surface area contributed by atoms with Crippen LogP contribution in [0.5, 0.6) is 0 Å². The lowest BCUT2D eigenvalue weighted by Gasteiger charge is -2.57. The Morgan fingerprint density at radius 1 is 1.62 bits per heavy atom. The van der Waals surface area contributed by atoms with Crippen molar-refractivity contribution in [2.24, 2.45) is 23.0 Å². The number of carbonyl (C=O) groups is 1. The van der Waals surface area contributed by atoms with E-state index in [0.29, 0.717) is 11.3 Å². The Bertz CT molecular complexity index is 276. The van der Waals surface area contributed by atoms with E-state index in [2.05, 4.69) is 13.8 Å². The molecule has 0 aromatic rings. The van der Waals surface area contributed by atoms with E-state index in [4.69, 9.17) is 5.73 Å². The predicted molar refractivity (Wildman–Crippen MR) is 51.9 cm³/mol. The summed E-state index contributed by atoms with van der Waals surface area (Å²) in [6.45, 7) is 4.61. The Morgan fingerprint density at radius 3 is 2.77 bits per heavy atom. The van der Waals surface area contributed by atoms with Crippen LogP contribution in [0.4, 0.5) is 0 Å². The van der Waals surface area contributed by atoms with Gasteiger partial charge in [0.05, 0.1) is 0 Å². The molecule has 72 valence electrons. The minimum Gasteiger partial charge on any atom is -0.366 e. The lowest BCUT2D eigenvalue weighted by atomic mass is 9.47. The highest BCUT2D eigenvalue weighted by molar-refractivity contribution is 5.86. The molecule has 2 bridgehead atoms. The second-order valence-corrected chi connectivity index (χ2v) is 4.97. The maximum atomic E-state index is 10.8. The number of hydrogen-bond acceptors (Lipinski definition) is 1. The molecule has 2 heteroatoms. The molecule has 0 heterocycles. The van der Waals surface area contributed by atoms with Gasteiger partial charge in [0.2, 0.25) is 5.91 Å². The second kappa shape index (κ2) is 2.60. The van der Waals surface area contributed by atoms with Crippen molar-refractivity contribution in [3.63, 3.8) is 0 Å². The Morgan fingerprint density at radius 2 is 2.31 bits per heavy atom. The number of primary amides is 1. The van der Waals surface area contributed by atoms with Crippen molar-refractivity contribution < 1.29 is 4.79 Å². The summed E-state index contributed by atoms with van der Waals surface area (Å²) in [6.07, 6.45) is 5.25. The molecule has 3 fully saturated rings. The molecular weight excluding hydrogens is 162 g/mol. The molecule has 0 spiro atoms. The molecule has 2 N–H and O–H groups in total. The number of fused-ring (bicyclic) bond motifs is 2. The quantitative estimate of drug-likeness (QED) is 0.613. The first-order chi connectivity index (χ1) is 6.01. The lowest BCUT2D eigenvalue weighted by Crippen LogP contribution is -2.49. The predicted octanol–water partition coefficient (Wildman–Crippen LogP) is 1.85.